The zero-order valence-electron chi connectivity index (χ0n) is 17.9. The van der Waals surface area contributed by atoms with Crippen LogP contribution in [0.15, 0.2) is 36.4 Å². The van der Waals surface area contributed by atoms with Gasteiger partial charge in [0.05, 0.1) is 0 Å². The molecule has 0 bridgehead atoms. The van der Waals surface area contributed by atoms with Crippen molar-refractivity contribution in [2.24, 2.45) is 0 Å². The molecule has 0 saturated carbocycles. The molecule has 14 heteroatoms. The van der Waals surface area contributed by atoms with Gasteiger partial charge in [0.1, 0.15) is 19.0 Å². The number of alkyl halides is 10. The third-order valence-electron chi connectivity index (χ3n) is 4.56. The number of benzene rings is 2. The Labute approximate surface area is 210 Å². The highest BCUT2D eigenvalue weighted by molar-refractivity contribution is 6.67. The molecule has 0 spiro atoms. The number of carbonyl (C=O) groups is 1. The maximum atomic E-state index is 14.4. The highest BCUT2D eigenvalue weighted by Gasteiger charge is 2.73. The zero-order chi connectivity index (χ0) is 26.8. The SMILES string of the molecule is Cc1cc(C(F)(C(F)(F)F)C(F)(F)F)cc(C)c1OCc1cccc(NC(=O)OCC(Cl)(Cl)Cl)c1. The molecular formula is C21H17Cl3F7NO3. The lowest BCUT2D eigenvalue weighted by Gasteiger charge is -2.31. The van der Waals surface area contributed by atoms with Gasteiger partial charge in [-0.3, -0.25) is 5.32 Å². The average molecular weight is 571 g/mol. The van der Waals surface area contributed by atoms with E-state index in [1.807, 2.05) is 0 Å². The minimum atomic E-state index is -6.22. The van der Waals surface area contributed by atoms with Crippen LogP contribution < -0.4 is 10.1 Å². The lowest BCUT2D eigenvalue weighted by molar-refractivity contribution is -0.348. The number of anilines is 1. The Balaban J connectivity index is 2.20. The van der Waals surface area contributed by atoms with Gasteiger partial charge in [-0.05, 0) is 54.8 Å². The number of hydrogen-bond donors (Lipinski definition) is 1. The van der Waals surface area contributed by atoms with Crippen LogP contribution in [0.2, 0.25) is 0 Å². The molecule has 0 aliphatic heterocycles. The maximum Gasteiger partial charge on any atom is 0.435 e. The third kappa shape index (κ3) is 7.20. The van der Waals surface area contributed by atoms with E-state index in [0.29, 0.717) is 17.7 Å². The minimum absolute atomic E-state index is 0.0269. The van der Waals surface area contributed by atoms with Crippen molar-refractivity contribution >= 4 is 46.6 Å². The first-order chi connectivity index (χ1) is 15.8. The monoisotopic (exact) mass is 569 g/mol. The molecule has 1 amide bonds. The Bertz CT molecular complexity index is 1030. The van der Waals surface area contributed by atoms with E-state index in [2.05, 4.69) is 5.32 Å². The Morgan fingerprint density at radius 2 is 1.46 bits per heavy atom. The summed E-state index contributed by atoms with van der Waals surface area (Å²) in [4.78, 5) is 11.8. The van der Waals surface area contributed by atoms with Crippen molar-refractivity contribution in [3.63, 3.8) is 0 Å². The zero-order valence-corrected chi connectivity index (χ0v) is 20.2. The molecule has 0 unspecified atom stereocenters. The van der Waals surface area contributed by atoms with Crippen LogP contribution in [0, 0.1) is 13.8 Å². The van der Waals surface area contributed by atoms with Crippen molar-refractivity contribution in [2.45, 2.75) is 42.3 Å². The van der Waals surface area contributed by atoms with Gasteiger partial charge < -0.3 is 9.47 Å². The van der Waals surface area contributed by atoms with Crippen molar-refractivity contribution < 1.29 is 45.0 Å². The van der Waals surface area contributed by atoms with Gasteiger partial charge in [-0.1, -0.05) is 46.9 Å². The van der Waals surface area contributed by atoms with E-state index in [1.165, 1.54) is 32.0 Å². The van der Waals surface area contributed by atoms with Crippen LogP contribution >= 0.6 is 34.8 Å². The van der Waals surface area contributed by atoms with E-state index >= 15 is 0 Å². The molecule has 2 rings (SSSR count). The van der Waals surface area contributed by atoms with E-state index < -0.39 is 40.1 Å². The van der Waals surface area contributed by atoms with Crippen LogP contribution in [0.3, 0.4) is 0 Å². The highest BCUT2D eigenvalue weighted by Crippen LogP contribution is 2.54. The smallest absolute Gasteiger partial charge is 0.435 e. The van der Waals surface area contributed by atoms with Gasteiger partial charge in [0.25, 0.3) is 0 Å². The normalized spacial score (nSPS) is 12.9. The molecule has 0 heterocycles. The second kappa shape index (κ2) is 10.5. The quantitative estimate of drug-likeness (QED) is 0.282. The summed E-state index contributed by atoms with van der Waals surface area (Å²) in [5.74, 6) is -0.0269. The van der Waals surface area contributed by atoms with Crippen molar-refractivity contribution in [3.8, 4) is 5.75 Å². The maximum absolute atomic E-state index is 14.4. The summed E-state index contributed by atoms with van der Waals surface area (Å²) in [6.45, 7) is 1.69. The van der Waals surface area contributed by atoms with Crippen LogP contribution in [0.1, 0.15) is 22.3 Å². The number of aryl methyl sites for hydroxylation is 2. The summed E-state index contributed by atoms with van der Waals surface area (Å²) in [7, 11) is 0. The van der Waals surface area contributed by atoms with Crippen molar-refractivity contribution in [3.05, 3.63) is 58.7 Å². The Hall–Kier alpha value is -2.11. The summed E-state index contributed by atoms with van der Waals surface area (Å²) in [6.07, 6.45) is -13.4. The number of ether oxygens (including phenoxy) is 2. The molecule has 0 aliphatic rings. The van der Waals surface area contributed by atoms with Crippen LogP contribution in [0.4, 0.5) is 41.2 Å². The molecule has 0 aliphatic carbocycles. The summed E-state index contributed by atoms with van der Waals surface area (Å²) in [5.41, 5.74) is -6.68. The van der Waals surface area contributed by atoms with Gasteiger partial charge in [-0.15, -0.1) is 0 Å². The first-order valence-electron chi connectivity index (χ1n) is 9.51. The Kier molecular flexibility index (Phi) is 8.72. The lowest BCUT2D eigenvalue weighted by Crippen LogP contribution is -2.50. The van der Waals surface area contributed by atoms with Crippen LogP contribution in [0.25, 0.3) is 0 Å². The number of hydrogen-bond acceptors (Lipinski definition) is 3. The summed E-state index contributed by atoms with van der Waals surface area (Å²) >= 11 is 16.5. The van der Waals surface area contributed by atoms with Crippen LogP contribution in [0.5, 0.6) is 5.75 Å². The van der Waals surface area contributed by atoms with Gasteiger partial charge in [-0.2, -0.15) is 26.3 Å². The first-order valence-corrected chi connectivity index (χ1v) is 10.6. The van der Waals surface area contributed by atoms with Gasteiger partial charge in [0.2, 0.25) is 3.79 Å². The fraction of sp³-hybridized carbons (Fsp3) is 0.381. The Morgan fingerprint density at radius 3 is 1.94 bits per heavy atom. The summed E-state index contributed by atoms with van der Waals surface area (Å²) < 4.78 is 101. The predicted molar refractivity (Wildman–Crippen MR) is 117 cm³/mol. The first kappa shape index (κ1) is 29.1. The van der Waals surface area contributed by atoms with Gasteiger partial charge in [0, 0.05) is 11.3 Å². The minimum Gasteiger partial charge on any atom is -0.488 e. The second-order valence-corrected chi connectivity index (χ2v) is 9.91. The molecule has 194 valence electrons. The van der Waals surface area contributed by atoms with Crippen LogP contribution in [-0.2, 0) is 17.0 Å². The molecule has 1 N–H and O–H groups in total. The molecule has 0 saturated heterocycles. The molecule has 0 aromatic heterocycles. The third-order valence-corrected chi connectivity index (χ3v) is 4.89. The fourth-order valence-electron chi connectivity index (χ4n) is 3.06. The van der Waals surface area contributed by atoms with E-state index in [0.717, 1.165) is 0 Å². The van der Waals surface area contributed by atoms with E-state index in [9.17, 15) is 35.5 Å². The van der Waals surface area contributed by atoms with Crippen molar-refractivity contribution in [1.29, 1.82) is 0 Å². The van der Waals surface area contributed by atoms with Gasteiger partial charge >= 0.3 is 24.1 Å². The predicted octanol–water partition coefficient (Wildman–Crippen LogP) is 8.09. The largest absolute Gasteiger partial charge is 0.488 e. The van der Waals surface area contributed by atoms with Crippen molar-refractivity contribution in [1.82, 2.24) is 0 Å². The summed E-state index contributed by atoms with van der Waals surface area (Å²) in [5, 5.41) is 2.38. The molecule has 2 aromatic carbocycles. The molecule has 0 fully saturated rings. The average Bonchev–Trinajstić information content (AvgIpc) is 2.69. The number of nitrogens with one attached hydrogen (secondary N) is 1. The molecule has 0 radical (unpaired) electrons. The summed E-state index contributed by atoms with van der Waals surface area (Å²) in [6, 6.07) is 6.98. The molecular weight excluding hydrogens is 554 g/mol. The van der Waals surface area contributed by atoms with E-state index in [4.69, 9.17) is 44.3 Å². The lowest BCUT2D eigenvalue weighted by atomic mass is 9.91. The fourth-order valence-corrected chi connectivity index (χ4v) is 3.22. The molecule has 35 heavy (non-hydrogen) atoms. The van der Waals surface area contributed by atoms with Crippen LogP contribution in [-0.4, -0.2) is 28.8 Å². The van der Waals surface area contributed by atoms with E-state index in [-0.39, 0.29) is 29.2 Å². The standard InChI is InChI=1S/C21H17Cl3F7NO3/c1-11-6-14(19(25,20(26,27)28)21(29,30)31)7-12(2)16(11)34-9-13-4-3-5-15(8-13)32-17(33)35-10-18(22,23)24/h3-8H,9-10H2,1-2H3,(H,32,33). The van der Waals surface area contributed by atoms with Gasteiger partial charge in [-0.25, -0.2) is 9.18 Å². The molecule has 4 nitrogen and oxygen atoms in total. The Morgan fingerprint density at radius 1 is 0.914 bits per heavy atom. The van der Waals surface area contributed by atoms with Gasteiger partial charge in [0.15, 0.2) is 0 Å². The van der Waals surface area contributed by atoms with E-state index in [1.54, 1.807) is 6.07 Å². The highest BCUT2D eigenvalue weighted by atomic mass is 35.6. The number of halogens is 10. The molecule has 0 atom stereocenters. The topological polar surface area (TPSA) is 47.6 Å². The number of rotatable bonds is 6. The number of amides is 1. The second-order valence-electron chi connectivity index (χ2n) is 7.40. The van der Waals surface area contributed by atoms with Crippen molar-refractivity contribution in [2.75, 3.05) is 11.9 Å². The number of carbonyl (C=O) groups excluding carboxylic acids is 1. The molecule has 2 aromatic rings.